The number of nitrogens with two attached hydrogens (primary N) is 2. The van der Waals surface area contributed by atoms with Gasteiger partial charge in [0.05, 0.1) is 6.54 Å². The van der Waals surface area contributed by atoms with Gasteiger partial charge in [0.1, 0.15) is 0 Å². The molecule has 0 unspecified atom stereocenters. The Morgan fingerprint density at radius 1 is 1.27 bits per heavy atom. The van der Waals surface area contributed by atoms with Crippen LogP contribution in [0.4, 0.5) is 5.69 Å². The standard InChI is InChI=1S/C10H14N4O/c11-9(15)6-7-13-10(12)14-8-4-2-1-3-5-8/h1-5H,6-7H2,(H2,11,15)(H3,12,13,14). The third kappa shape index (κ3) is 4.66. The molecule has 15 heavy (non-hydrogen) atoms. The maximum absolute atomic E-state index is 10.4. The van der Waals surface area contributed by atoms with Crippen molar-refractivity contribution in [1.82, 2.24) is 0 Å². The minimum Gasteiger partial charge on any atom is -0.370 e. The quantitative estimate of drug-likeness (QED) is 0.488. The molecule has 5 N–H and O–H groups in total. The zero-order chi connectivity index (χ0) is 11.1. The summed E-state index contributed by atoms with van der Waals surface area (Å²) in [6.07, 6.45) is 0.206. The second-order valence-electron chi connectivity index (χ2n) is 2.97. The topological polar surface area (TPSA) is 93.5 Å². The van der Waals surface area contributed by atoms with E-state index in [9.17, 15) is 4.79 Å². The smallest absolute Gasteiger partial charge is 0.219 e. The third-order valence-corrected chi connectivity index (χ3v) is 1.69. The first-order chi connectivity index (χ1) is 7.18. The van der Waals surface area contributed by atoms with E-state index in [0.717, 1.165) is 5.69 Å². The number of carbonyl (C=O) groups is 1. The second-order valence-corrected chi connectivity index (χ2v) is 2.97. The van der Waals surface area contributed by atoms with E-state index in [1.165, 1.54) is 0 Å². The van der Waals surface area contributed by atoms with Gasteiger partial charge < -0.3 is 16.8 Å². The third-order valence-electron chi connectivity index (χ3n) is 1.69. The molecule has 0 radical (unpaired) electrons. The average Bonchev–Trinajstić information content (AvgIpc) is 2.18. The number of rotatable bonds is 4. The summed E-state index contributed by atoms with van der Waals surface area (Å²) >= 11 is 0. The molecule has 0 spiro atoms. The molecule has 0 bridgehead atoms. The van der Waals surface area contributed by atoms with Crippen molar-refractivity contribution in [2.75, 3.05) is 11.9 Å². The molecule has 0 atom stereocenters. The van der Waals surface area contributed by atoms with Gasteiger partial charge >= 0.3 is 0 Å². The summed E-state index contributed by atoms with van der Waals surface area (Å²) in [5, 5.41) is 2.89. The Labute approximate surface area is 88.2 Å². The number of hydrogen-bond donors (Lipinski definition) is 3. The first-order valence-corrected chi connectivity index (χ1v) is 4.59. The van der Waals surface area contributed by atoms with Crippen LogP contribution in [0.2, 0.25) is 0 Å². The molecule has 1 amide bonds. The molecular formula is C10H14N4O. The lowest BCUT2D eigenvalue weighted by Gasteiger charge is -2.04. The number of hydrogen-bond acceptors (Lipinski definition) is 2. The summed E-state index contributed by atoms with van der Waals surface area (Å²) < 4.78 is 0. The van der Waals surface area contributed by atoms with Crippen molar-refractivity contribution in [3.8, 4) is 0 Å². The molecule has 0 saturated heterocycles. The fraction of sp³-hybridized carbons (Fsp3) is 0.200. The van der Waals surface area contributed by atoms with Crippen LogP contribution in [-0.2, 0) is 4.79 Å². The Morgan fingerprint density at radius 3 is 2.53 bits per heavy atom. The van der Waals surface area contributed by atoms with Crippen LogP contribution >= 0.6 is 0 Å². The summed E-state index contributed by atoms with van der Waals surface area (Å²) in [4.78, 5) is 14.4. The van der Waals surface area contributed by atoms with E-state index in [1.807, 2.05) is 30.3 Å². The molecule has 5 heteroatoms. The molecule has 80 valence electrons. The van der Waals surface area contributed by atoms with Gasteiger partial charge in [0.15, 0.2) is 5.96 Å². The molecule has 0 aliphatic rings. The lowest BCUT2D eigenvalue weighted by molar-refractivity contribution is -0.117. The molecule has 0 fully saturated rings. The van der Waals surface area contributed by atoms with Crippen molar-refractivity contribution >= 4 is 17.6 Å². The maximum atomic E-state index is 10.4. The number of guanidine groups is 1. The first kappa shape index (κ1) is 11.0. The van der Waals surface area contributed by atoms with E-state index in [2.05, 4.69) is 10.3 Å². The number of para-hydroxylation sites is 1. The van der Waals surface area contributed by atoms with E-state index in [1.54, 1.807) is 0 Å². The van der Waals surface area contributed by atoms with Crippen LogP contribution in [-0.4, -0.2) is 18.4 Å². The Bertz CT molecular complexity index is 348. The highest BCUT2D eigenvalue weighted by atomic mass is 16.1. The highest BCUT2D eigenvalue weighted by Gasteiger charge is 1.95. The lowest BCUT2D eigenvalue weighted by Crippen LogP contribution is -2.23. The molecule has 0 aromatic heterocycles. The number of benzene rings is 1. The van der Waals surface area contributed by atoms with Gasteiger partial charge in [-0.15, -0.1) is 0 Å². The van der Waals surface area contributed by atoms with Crippen LogP contribution in [0.1, 0.15) is 6.42 Å². The summed E-state index contributed by atoms with van der Waals surface area (Å²) in [6, 6.07) is 9.43. The highest BCUT2D eigenvalue weighted by molar-refractivity contribution is 5.92. The van der Waals surface area contributed by atoms with E-state index >= 15 is 0 Å². The molecule has 1 aromatic carbocycles. The normalized spacial score (nSPS) is 11.1. The van der Waals surface area contributed by atoms with E-state index in [0.29, 0.717) is 6.54 Å². The summed E-state index contributed by atoms with van der Waals surface area (Å²) in [7, 11) is 0. The van der Waals surface area contributed by atoms with Gasteiger partial charge in [0.25, 0.3) is 0 Å². The van der Waals surface area contributed by atoms with Crippen LogP contribution < -0.4 is 16.8 Å². The van der Waals surface area contributed by atoms with Crippen molar-refractivity contribution in [2.45, 2.75) is 6.42 Å². The molecule has 0 aliphatic carbocycles. The van der Waals surface area contributed by atoms with Gasteiger partial charge in [0, 0.05) is 12.1 Å². The molecular weight excluding hydrogens is 192 g/mol. The van der Waals surface area contributed by atoms with E-state index < -0.39 is 0 Å². The number of primary amides is 1. The summed E-state index contributed by atoms with van der Waals surface area (Å²) in [6.45, 7) is 0.307. The molecule has 0 saturated carbocycles. The summed E-state index contributed by atoms with van der Waals surface area (Å²) in [5.41, 5.74) is 11.4. The molecule has 0 heterocycles. The number of nitrogens with zero attached hydrogens (tertiary/aromatic N) is 1. The van der Waals surface area contributed by atoms with Crippen molar-refractivity contribution in [2.24, 2.45) is 16.5 Å². The Kier molecular flexibility index (Phi) is 4.15. The number of carbonyl (C=O) groups excluding carboxylic acids is 1. The molecule has 5 nitrogen and oxygen atoms in total. The zero-order valence-corrected chi connectivity index (χ0v) is 8.31. The zero-order valence-electron chi connectivity index (χ0n) is 8.31. The SMILES string of the molecule is NC(=O)CCN=C(N)Nc1ccccc1. The van der Waals surface area contributed by atoms with Crippen molar-refractivity contribution < 1.29 is 4.79 Å². The Morgan fingerprint density at radius 2 is 1.93 bits per heavy atom. The Balaban J connectivity index is 2.41. The average molecular weight is 206 g/mol. The largest absolute Gasteiger partial charge is 0.370 e. The number of nitrogens with one attached hydrogen (secondary N) is 1. The van der Waals surface area contributed by atoms with E-state index in [4.69, 9.17) is 11.5 Å². The van der Waals surface area contributed by atoms with Gasteiger partial charge in [-0.2, -0.15) is 0 Å². The summed E-state index contributed by atoms with van der Waals surface area (Å²) in [5.74, 6) is -0.103. The van der Waals surface area contributed by atoms with E-state index in [-0.39, 0.29) is 18.3 Å². The van der Waals surface area contributed by atoms with Crippen molar-refractivity contribution in [1.29, 1.82) is 0 Å². The van der Waals surface area contributed by atoms with Crippen LogP contribution in [0, 0.1) is 0 Å². The van der Waals surface area contributed by atoms with Gasteiger partial charge in [-0.25, -0.2) is 0 Å². The minimum atomic E-state index is -0.383. The first-order valence-electron chi connectivity index (χ1n) is 4.59. The predicted molar refractivity (Wildman–Crippen MR) is 60.4 cm³/mol. The van der Waals surface area contributed by atoms with Crippen LogP contribution in [0.3, 0.4) is 0 Å². The molecule has 0 aliphatic heterocycles. The fourth-order valence-corrected chi connectivity index (χ4v) is 0.995. The second kappa shape index (κ2) is 5.64. The number of anilines is 1. The highest BCUT2D eigenvalue weighted by Crippen LogP contribution is 2.03. The fourth-order valence-electron chi connectivity index (χ4n) is 0.995. The van der Waals surface area contributed by atoms with Gasteiger partial charge in [-0.1, -0.05) is 18.2 Å². The minimum absolute atomic E-state index is 0.206. The monoisotopic (exact) mass is 206 g/mol. The van der Waals surface area contributed by atoms with Crippen LogP contribution in [0.15, 0.2) is 35.3 Å². The van der Waals surface area contributed by atoms with Gasteiger partial charge in [0.2, 0.25) is 5.91 Å². The maximum Gasteiger partial charge on any atom is 0.219 e. The molecule has 1 rings (SSSR count). The van der Waals surface area contributed by atoms with Crippen LogP contribution in [0.5, 0.6) is 0 Å². The molecule has 1 aromatic rings. The number of aliphatic imine (C=N–C) groups is 1. The van der Waals surface area contributed by atoms with Crippen molar-refractivity contribution in [3.63, 3.8) is 0 Å². The lowest BCUT2D eigenvalue weighted by atomic mass is 10.3. The van der Waals surface area contributed by atoms with Gasteiger partial charge in [-0.05, 0) is 12.1 Å². The van der Waals surface area contributed by atoms with Crippen LogP contribution in [0.25, 0.3) is 0 Å². The Hall–Kier alpha value is -2.04. The number of amides is 1. The van der Waals surface area contributed by atoms with Gasteiger partial charge in [-0.3, -0.25) is 9.79 Å². The van der Waals surface area contributed by atoms with Crippen molar-refractivity contribution in [3.05, 3.63) is 30.3 Å². The predicted octanol–water partition coefficient (Wildman–Crippen LogP) is 0.289.